The zero-order valence-electron chi connectivity index (χ0n) is 13.5. The molecule has 0 amide bonds. The molecule has 0 saturated heterocycles. The first kappa shape index (κ1) is 15.1. The molecule has 4 aromatic carbocycles. The van der Waals surface area contributed by atoms with Gasteiger partial charge in [0.2, 0.25) is 0 Å². The zero-order valence-corrected chi connectivity index (χ0v) is 13.5. The van der Waals surface area contributed by atoms with Gasteiger partial charge in [0, 0.05) is 19.8 Å². The average Bonchev–Trinajstić information content (AvgIpc) is 2.62. The van der Waals surface area contributed by atoms with Crippen molar-refractivity contribution in [2.45, 2.75) is 0 Å². The predicted molar refractivity (Wildman–Crippen MR) is 101 cm³/mol. The molecule has 0 aromatic heterocycles. The Balaban J connectivity index is 0.000000140. The molecule has 0 atom stereocenters. The summed E-state index contributed by atoms with van der Waals surface area (Å²) < 4.78 is 0. The monoisotopic (exact) mass is 298 g/mol. The van der Waals surface area contributed by atoms with E-state index in [0.29, 0.717) is 0 Å². The van der Waals surface area contributed by atoms with Gasteiger partial charge in [-0.05, 0) is 45.8 Å². The van der Waals surface area contributed by atoms with Gasteiger partial charge < -0.3 is 4.90 Å². The van der Waals surface area contributed by atoms with Gasteiger partial charge in [0.1, 0.15) is 0 Å². The summed E-state index contributed by atoms with van der Waals surface area (Å²) in [6.45, 7) is 0. The van der Waals surface area contributed by atoms with Crippen LogP contribution in [0, 0.1) is 6.07 Å². The summed E-state index contributed by atoms with van der Waals surface area (Å²) in [5.41, 5.74) is 1.25. The number of rotatable bonds is 1. The first-order valence-corrected chi connectivity index (χ1v) is 7.75. The molecular formula is C22H20N. The maximum Gasteiger partial charge on any atom is 0.0367 e. The van der Waals surface area contributed by atoms with Crippen LogP contribution in [0.25, 0.3) is 21.5 Å². The van der Waals surface area contributed by atoms with Crippen molar-refractivity contribution in [3.63, 3.8) is 0 Å². The first-order valence-electron chi connectivity index (χ1n) is 7.75. The molecule has 0 aliphatic carbocycles. The van der Waals surface area contributed by atoms with Crippen molar-refractivity contribution in [1.29, 1.82) is 0 Å². The van der Waals surface area contributed by atoms with Gasteiger partial charge in [0.05, 0.1) is 0 Å². The third-order valence-electron chi connectivity index (χ3n) is 3.84. The van der Waals surface area contributed by atoms with E-state index in [9.17, 15) is 0 Å². The Morgan fingerprint density at radius 1 is 0.652 bits per heavy atom. The summed E-state index contributed by atoms with van der Waals surface area (Å²) in [7, 11) is 4.12. The lowest BCUT2D eigenvalue weighted by Crippen LogP contribution is -2.07. The van der Waals surface area contributed by atoms with Crippen LogP contribution in [0.15, 0.2) is 84.9 Å². The van der Waals surface area contributed by atoms with Crippen LogP contribution in [0.3, 0.4) is 0 Å². The van der Waals surface area contributed by atoms with Crippen LogP contribution in [-0.4, -0.2) is 14.1 Å². The van der Waals surface area contributed by atoms with E-state index in [-0.39, 0.29) is 0 Å². The summed E-state index contributed by atoms with van der Waals surface area (Å²) in [5, 5.41) is 5.13. The van der Waals surface area contributed by atoms with Crippen molar-refractivity contribution in [3.05, 3.63) is 91.0 Å². The maximum atomic E-state index is 3.04. The molecule has 1 heteroatoms. The SMILES string of the molecule is CN(C)c1ccc2ccccc2c1.[c]1ccc2ccccc2c1. The summed E-state index contributed by atoms with van der Waals surface area (Å²) >= 11 is 0. The lowest BCUT2D eigenvalue weighted by Gasteiger charge is -2.12. The zero-order chi connectivity index (χ0) is 16.1. The summed E-state index contributed by atoms with van der Waals surface area (Å²) in [5.74, 6) is 0. The lowest BCUT2D eigenvalue weighted by atomic mass is 10.1. The smallest absolute Gasteiger partial charge is 0.0367 e. The summed E-state index contributed by atoms with van der Waals surface area (Å²) in [6, 6.07) is 32.2. The Kier molecular flexibility index (Phi) is 4.58. The van der Waals surface area contributed by atoms with Crippen LogP contribution in [0.4, 0.5) is 5.69 Å². The average molecular weight is 298 g/mol. The van der Waals surface area contributed by atoms with Crippen molar-refractivity contribution in [1.82, 2.24) is 0 Å². The molecule has 4 aromatic rings. The fourth-order valence-corrected chi connectivity index (χ4v) is 2.52. The molecule has 0 aliphatic heterocycles. The van der Waals surface area contributed by atoms with Crippen LogP contribution in [0.1, 0.15) is 0 Å². The minimum Gasteiger partial charge on any atom is -0.378 e. The highest BCUT2D eigenvalue weighted by Crippen LogP contribution is 2.20. The minimum absolute atomic E-state index is 1.25. The number of nitrogens with zero attached hydrogens (tertiary/aromatic N) is 1. The number of hydrogen-bond acceptors (Lipinski definition) is 1. The third-order valence-corrected chi connectivity index (χ3v) is 3.84. The topological polar surface area (TPSA) is 3.24 Å². The van der Waals surface area contributed by atoms with E-state index in [2.05, 4.69) is 85.7 Å². The van der Waals surface area contributed by atoms with Gasteiger partial charge in [0.15, 0.2) is 0 Å². The van der Waals surface area contributed by atoms with E-state index in [1.165, 1.54) is 27.2 Å². The molecule has 0 saturated carbocycles. The van der Waals surface area contributed by atoms with E-state index < -0.39 is 0 Å². The maximum absolute atomic E-state index is 3.04. The number of fused-ring (bicyclic) bond motifs is 2. The van der Waals surface area contributed by atoms with Gasteiger partial charge in [-0.25, -0.2) is 0 Å². The summed E-state index contributed by atoms with van der Waals surface area (Å²) in [4.78, 5) is 2.12. The highest BCUT2D eigenvalue weighted by atomic mass is 15.1. The number of hydrogen-bond donors (Lipinski definition) is 0. The van der Waals surface area contributed by atoms with E-state index >= 15 is 0 Å². The molecule has 0 fully saturated rings. The molecule has 0 unspecified atom stereocenters. The highest BCUT2D eigenvalue weighted by molar-refractivity contribution is 5.85. The van der Waals surface area contributed by atoms with Crippen LogP contribution < -0.4 is 4.90 Å². The molecule has 1 radical (unpaired) electrons. The quantitative estimate of drug-likeness (QED) is 0.445. The molecule has 0 bridgehead atoms. The fraction of sp³-hybridized carbons (Fsp3) is 0.0909. The predicted octanol–water partition coefficient (Wildman–Crippen LogP) is 5.55. The highest BCUT2D eigenvalue weighted by Gasteiger charge is 1.96. The molecule has 113 valence electrons. The van der Waals surface area contributed by atoms with E-state index in [1.807, 2.05) is 24.3 Å². The minimum atomic E-state index is 1.25. The van der Waals surface area contributed by atoms with Gasteiger partial charge in [-0.2, -0.15) is 0 Å². The van der Waals surface area contributed by atoms with Crippen LogP contribution in [0.5, 0.6) is 0 Å². The summed E-state index contributed by atoms with van der Waals surface area (Å²) in [6.07, 6.45) is 0. The molecule has 1 nitrogen and oxygen atoms in total. The number of benzene rings is 4. The molecule has 0 N–H and O–H groups in total. The molecule has 23 heavy (non-hydrogen) atoms. The largest absolute Gasteiger partial charge is 0.378 e. The number of anilines is 1. The van der Waals surface area contributed by atoms with Crippen molar-refractivity contribution in [3.8, 4) is 0 Å². The van der Waals surface area contributed by atoms with Crippen molar-refractivity contribution in [2.24, 2.45) is 0 Å². The molecule has 0 aliphatic rings. The second kappa shape index (κ2) is 6.97. The van der Waals surface area contributed by atoms with Crippen LogP contribution >= 0.6 is 0 Å². The van der Waals surface area contributed by atoms with E-state index in [0.717, 1.165) is 0 Å². The molecule has 0 heterocycles. The van der Waals surface area contributed by atoms with Crippen molar-refractivity contribution in [2.75, 3.05) is 19.0 Å². The van der Waals surface area contributed by atoms with E-state index in [4.69, 9.17) is 0 Å². The van der Waals surface area contributed by atoms with Gasteiger partial charge in [-0.3, -0.25) is 0 Å². The molecule has 4 rings (SSSR count). The Morgan fingerprint density at radius 2 is 1.26 bits per heavy atom. The normalized spacial score (nSPS) is 10.2. The standard InChI is InChI=1S/C12H13N.C10H7/c1-13(2)12-8-7-10-5-3-4-6-11(10)9-12;1-2-6-10-8-4-3-7-9(10)5-1/h3-9H,1-2H3;1-3,5-8H. The second-order valence-corrected chi connectivity index (χ2v) is 5.70. The Hall–Kier alpha value is -2.80. The van der Waals surface area contributed by atoms with Crippen molar-refractivity contribution < 1.29 is 0 Å². The van der Waals surface area contributed by atoms with Crippen LogP contribution in [-0.2, 0) is 0 Å². The first-order chi connectivity index (χ1) is 11.2. The van der Waals surface area contributed by atoms with Gasteiger partial charge in [0.25, 0.3) is 0 Å². The van der Waals surface area contributed by atoms with E-state index in [1.54, 1.807) is 0 Å². The molecular weight excluding hydrogens is 278 g/mol. The Morgan fingerprint density at radius 3 is 1.91 bits per heavy atom. The van der Waals surface area contributed by atoms with Crippen LogP contribution in [0.2, 0.25) is 0 Å². The Bertz CT molecular complexity index is 844. The third kappa shape index (κ3) is 3.70. The van der Waals surface area contributed by atoms with Gasteiger partial charge in [-0.1, -0.05) is 66.7 Å². The lowest BCUT2D eigenvalue weighted by molar-refractivity contribution is 1.14. The second-order valence-electron chi connectivity index (χ2n) is 5.70. The van der Waals surface area contributed by atoms with Crippen molar-refractivity contribution >= 4 is 27.2 Å². The molecule has 0 spiro atoms. The fourth-order valence-electron chi connectivity index (χ4n) is 2.52. The Labute approximate surface area is 137 Å². The van der Waals surface area contributed by atoms with Gasteiger partial charge in [-0.15, -0.1) is 0 Å². The van der Waals surface area contributed by atoms with Gasteiger partial charge >= 0.3 is 0 Å².